The first-order valence-electron chi connectivity index (χ1n) is 6.32. The third-order valence-electron chi connectivity index (χ3n) is 2.68. The molecular weight excluding hydrogens is 493 g/mol. The molecule has 0 fully saturated rings. The molecule has 1 aromatic heterocycles. The van der Waals surface area contributed by atoms with E-state index in [1.807, 2.05) is 0 Å². The van der Waals surface area contributed by atoms with Crippen LogP contribution in [-0.4, -0.2) is 27.0 Å². The van der Waals surface area contributed by atoms with Gasteiger partial charge in [0.15, 0.2) is 16.8 Å². The van der Waals surface area contributed by atoms with E-state index >= 15 is 0 Å². The maximum Gasteiger partial charge on any atom is 0.273 e. The fourth-order valence-electron chi connectivity index (χ4n) is 1.61. The second-order valence-electron chi connectivity index (χ2n) is 4.46. The fourth-order valence-corrected chi connectivity index (χ4v) is 2.96. The van der Waals surface area contributed by atoms with Crippen LogP contribution in [0.5, 0.6) is 5.75 Å². The summed E-state index contributed by atoms with van der Waals surface area (Å²) in [5.74, 6) is -0.278. The van der Waals surface area contributed by atoms with E-state index in [2.05, 4.69) is 15.0 Å². The molecule has 0 atom stereocenters. The molecule has 0 bridgehead atoms. The Hall–Kier alpha value is -0.480. The largest absolute Gasteiger partial charge is 0.495 e. The van der Waals surface area contributed by atoms with E-state index in [-0.39, 0.29) is 28.2 Å². The van der Waals surface area contributed by atoms with Crippen molar-refractivity contribution in [2.24, 2.45) is 0 Å². The molecule has 0 unspecified atom stereocenters. The van der Waals surface area contributed by atoms with Crippen molar-refractivity contribution in [3.63, 3.8) is 0 Å². The predicted octanol–water partition coefficient (Wildman–Crippen LogP) is 5.59. The van der Waals surface area contributed by atoms with E-state index in [9.17, 15) is 10.1 Å². The van der Waals surface area contributed by atoms with Gasteiger partial charge in [-0.3, -0.25) is 10.1 Å². The van der Waals surface area contributed by atoms with Gasteiger partial charge in [-0.05, 0) is 17.8 Å². The van der Waals surface area contributed by atoms with Crippen LogP contribution in [-0.2, 0) is 7.59 Å². The zero-order valence-corrected chi connectivity index (χ0v) is 17.8. The van der Waals surface area contributed by atoms with Crippen LogP contribution in [0.15, 0.2) is 28.3 Å². The van der Waals surface area contributed by atoms with E-state index in [0.29, 0.717) is 4.90 Å². The highest BCUT2D eigenvalue weighted by molar-refractivity contribution is 7.99. The first kappa shape index (κ1) is 21.8. The minimum absolute atomic E-state index is 0.0369. The topological polar surface area (TPSA) is 91.0 Å². The summed E-state index contributed by atoms with van der Waals surface area (Å²) < 4.78 is 1.18. The van der Waals surface area contributed by atoms with Crippen LogP contribution < -0.4 is 4.74 Å². The number of alkyl halides is 6. The highest BCUT2D eigenvalue weighted by Gasteiger charge is 2.34. The van der Waals surface area contributed by atoms with E-state index in [1.165, 1.54) is 25.3 Å². The van der Waals surface area contributed by atoms with E-state index in [0.717, 1.165) is 11.8 Å². The van der Waals surface area contributed by atoms with Gasteiger partial charge in [-0.15, -0.1) is 0 Å². The average molecular weight is 499 g/mol. The van der Waals surface area contributed by atoms with Crippen molar-refractivity contribution in [1.29, 1.82) is 0 Å². The standard InChI is InChI=1S/C12H6Cl6N4O3S/c1-25-6-4-5(22(23)24)2-3-7(6)26-10-20-8(11(13,14)15)19-9(21-10)12(16,17)18/h2-4H,1H3. The molecule has 0 saturated carbocycles. The Bertz CT molecular complexity index is 810. The Balaban J connectivity index is 2.51. The van der Waals surface area contributed by atoms with Crippen molar-refractivity contribution < 1.29 is 9.66 Å². The molecular formula is C12H6Cl6N4O3S. The average Bonchev–Trinajstić information content (AvgIpc) is 2.53. The minimum Gasteiger partial charge on any atom is -0.495 e. The monoisotopic (exact) mass is 496 g/mol. The van der Waals surface area contributed by atoms with Crippen molar-refractivity contribution in [2.45, 2.75) is 17.6 Å². The van der Waals surface area contributed by atoms with E-state index < -0.39 is 12.5 Å². The van der Waals surface area contributed by atoms with Crippen LogP contribution in [0.1, 0.15) is 11.6 Å². The zero-order chi connectivity index (χ0) is 19.7. The number of methoxy groups -OCH3 is 1. The van der Waals surface area contributed by atoms with Gasteiger partial charge in [0, 0.05) is 6.07 Å². The maximum atomic E-state index is 10.9. The number of nitro groups is 1. The van der Waals surface area contributed by atoms with Gasteiger partial charge in [0.2, 0.25) is 7.59 Å². The second-order valence-corrected chi connectivity index (χ2v) is 10.0. The van der Waals surface area contributed by atoms with Crippen molar-refractivity contribution in [3.05, 3.63) is 40.0 Å². The van der Waals surface area contributed by atoms with Crippen LogP contribution >= 0.6 is 81.4 Å². The summed E-state index contributed by atoms with van der Waals surface area (Å²) >= 11 is 35.8. The molecule has 0 saturated heterocycles. The molecule has 7 nitrogen and oxygen atoms in total. The lowest BCUT2D eigenvalue weighted by Gasteiger charge is -2.15. The third-order valence-corrected chi connectivity index (χ3v) is 4.62. The van der Waals surface area contributed by atoms with Crippen LogP contribution in [0.4, 0.5) is 5.69 Å². The SMILES string of the molecule is COc1cc([N+](=O)[O-])ccc1Sc1nc(C(Cl)(Cl)Cl)nc(C(Cl)(Cl)Cl)n1. The molecule has 0 N–H and O–H groups in total. The lowest BCUT2D eigenvalue weighted by atomic mass is 10.3. The molecule has 0 aliphatic rings. The summed E-state index contributed by atoms with van der Waals surface area (Å²) in [6.45, 7) is 0. The third kappa shape index (κ3) is 5.51. The number of hydrogen-bond donors (Lipinski definition) is 0. The first-order chi connectivity index (χ1) is 11.9. The molecule has 26 heavy (non-hydrogen) atoms. The highest BCUT2D eigenvalue weighted by Crippen LogP contribution is 2.42. The van der Waals surface area contributed by atoms with Gasteiger partial charge in [0.05, 0.1) is 23.0 Å². The highest BCUT2D eigenvalue weighted by atomic mass is 35.6. The van der Waals surface area contributed by atoms with Crippen molar-refractivity contribution in [2.75, 3.05) is 7.11 Å². The molecule has 0 amide bonds. The zero-order valence-electron chi connectivity index (χ0n) is 12.4. The Morgan fingerprint density at radius 3 is 2.00 bits per heavy atom. The number of ether oxygens (including phenoxy) is 1. The fraction of sp³-hybridized carbons (Fsp3) is 0.250. The van der Waals surface area contributed by atoms with Crippen molar-refractivity contribution in [1.82, 2.24) is 15.0 Å². The van der Waals surface area contributed by atoms with Gasteiger partial charge in [0.25, 0.3) is 5.69 Å². The minimum atomic E-state index is -1.98. The van der Waals surface area contributed by atoms with Crippen LogP contribution in [0.3, 0.4) is 0 Å². The Morgan fingerprint density at radius 2 is 1.58 bits per heavy atom. The van der Waals surface area contributed by atoms with Gasteiger partial charge in [-0.1, -0.05) is 69.6 Å². The molecule has 0 radical (unpaired) electrons. The van der Waals surface area contributed by atoms with Crippen LogP contribution in [0, 0.1) is 10.1 Å². The summed E-state index contributed by atoms with van der Waals surface area (Å²) in [7, 11) is 1.36. The molecule has 2 aromatic rings. The smallest absolute Gasteiger partial charge is 0.273 e. The van der Waals surface area contributed by atoms with Gasteiger partial charge >= 0.3 is 0 Å². The summed E-state index contributed by atoms with van der Waals surface area (Å²) in [6, 6.07) is 3.99. The Morgan fingerprint density at radius 1 is 1.04 bits per heavy atom. The Labute approximate surface area is 181 Å². The number of nitrogens with zero attached hydrogens (tertiary/aromatic N) is 4. The lowest BCUT2D eigenvalue weighted by molar-refractivity contribution is -0.385. The van der Waals surface area contributed by atoms with E-state index in [4.69, 9.17) is 74.3 Å². The quantitative estimate of drug-likeness (QED) is 0.308. The molecule has 14 heteroatoms. The summed E-state index contributed by atoms with van der Waals surface area (Å²) in [5.41, 5.74) is -0.147. The predicted molar refractivity (Wildman–Crippen MR) is 102 cm³/mol. The molecule has 2 rings (SSSR count). The van der Waals surface area contributed by atoms with Gasteiger partial charge in [-0.25, -0.2) is 15.0 Å². The number of non-ortho nitro benzene ring substituents is 1. The lowest BCUT2D eigenvalue weighted by Crippen LogP contribution is -2.16. The molecule has 0 spiro atoms. The summed E-state index contributed by atoms with van der Waals surface area (Å²) in [6.07, 6.45) is 0. The molecule has 1 heterocycles. The first-order valence-corrected chi connectivity index (χ1v) is 9.41. The van der Waals surface area contributed by atoms with Crippen LogP contribution in [0.25, 0.3) is 0 Å². The maximum absolute atomic E-state index is 10.9. The van der Waals surface area contributed by atoms with Gasteiger partial charge in [-0.2, -0.15) is 0 Å². The number of hydrogen-bond acceptors (Lipinski definition) is 7. The normalized spacial score (nSPS) is 12.1. The number of benzene rings is 1. The Kier molecular flexibility index (Phi) is 6.93. The number of rotatable bonds is 4. The van der Waals surface area contributed by atoms with Crippen molar-refractivity contribution in [3.8, 4) is 5.75 Å². The van der Waals surface area contributed by atoms with Crippen molar-refractivity contribution >= 4 is 87.1 Å². The van der Waals surface area contributed by atoms with E-state index in [1.54, 1.807) is 0 Å². The molecule has 140 valence electrons. The summed E-state index contributed by atoms with van der Waals surface area (Å²) in [4.78, 5) is 22.7. The second kappa shape index (κ2) is 8.26. The number of halogens is 6. The molecule has 0 aliphatic heterocycles. The summed E-state index contributed by atoms with van der Waals surface area (Å²) in [5, 5.41) is 10.9. The molecule has 1 aromatic carbocycles. The van der Waals surface area contributed by atoms with Crippen LogP contribution in [0.2, 0.25) is 0 Å². The van der Waals surface area contributed by atoms with Gasteiger partial charge < -0.3 is 4.74 Å². The molecule has 0 aliphatic carbocycles. The number of nitro benzene ring substituents is 1. The van der Waals surface area contributed by atoms with Gasteiger partial charge in [0.1, 0.15) is 5.75 Å². The number of aromatic nitrogens is 3.